The van der Waals surface area contributed by atoms with Crippen molar-refractivity contribution in [1.82, 2.24) is 0 Å². The Balaban J connectivity index is 2.13. The van der Waals surface area contributed by atoms with Crippen LogP contribution in [0.25, 0.3) is 0 Å². The summed E-state index contributed by atoms with van der Waals surface area (Å²) in [7, 11) is 0. The summed E-state index contributed by atoms with van der Waals surface area (Å²) >= 11 is 0. The van der Waals surface area contributed by atoms with Crippen LogP contribution in [0, 0.1) is 11.3 Å². The minimum atomic E-state index is 0.426. The highest BCUT2D eigenvalue weighted by Gasteiger charge is 1.99. The zero-order valence-electron chi connectivity index (χ0n) is 9.85. The molecule has 0 radical (unpaired) electrons. The van der Waals surface area contributed by atoms with E-state index in [1.165, 1.54) is 0 Å². The summed E-state index contributed by atoms with van der Waals surface area (Å²) in [6.07, 6.45) is 0.426. The minimum absolute atomic E-state index is 0.426. The van der Waals surface area contributed by atoms with Gasteiger partial charge in [-0.15, -0.1) is 0 Å². The molecule has 0 heterocycles. The number of nitriles is 1. The highest BCUT2D eigenvalue weighted by Crippen LogP contribution is 2.23. The maximum atomic E-state index is 8.59. The van der Waals surface area contributed by atoms with Crippen molar-refractivity contribution in [3.05, 3.63) is 48.0 Å². The van der Waals surface area contributed by atoms with E-state index in [0.29, 0.717) is 17.8 Å². The lowest BCUT2D eigenvalue weighted by Gasteiger charge is -2.08. The second-order valence-corrected chi connectivity index (χ2v) is 4.00. The van der Waals surface area contributed by atoms with E-state index in [1.54, 1.807) is 12.1 Å². The van der Waals surface area contributed by atoms with Gasteiger partial charge < -0.3 is 16.8 Å². The average Bonchev–Trinajstić information content (AvgIpc) is 2.37. The molecular weight excluding hydrogens is 224 g/mol. The van der Waals surface area contributed by atoms with Gasteiger partial charge in [0.2, 0.25) is 0 Å². The molecule has 0 atom stereocenters. The van der Waals surface area contributed by atoms with E-state index in [-0.39, 0.29) is 0 Å². The molecule has 5 N–H and O–H groups in total. The van der Waals surface area contributed by atoms with Crippen LogP contribution in [0.2, 0.25) is 0 Å². The molecule has 0 saturated heterocycles. The van der Waals surface area contributed by atoms with Gasteiger partial charge >= 0.3 is 0 Å². The second kappa shape index (κ2) is 5.11. The van der Waals surface area contributed by atoms with Crippen LogP contribution in [0.1, 0.15) is 5.56 Å². The van der Waals surface area contributed by atoms with Crippen LogP contribution in [-0.2, 0) is 6.42 Å². The Bertz CT molecular complexity index is 582. The van der Waals surface area contributed by atoms with Gasteiger partial charge in [-0.05, 0) is 35.9 Å². The van der Waals surface area contributed by atoms with Gasteiger partial charge in [-0.3, -0.25) is 0 Å². The molecule has 0 unspecified atom stereocenters. The van der Waals surface area contributed by atoms with Crippen molar-refractivity contribution in [3.8, 4) is 6.07 Å². The molecule has 2 aromatic carbocycles. The number of rotatable bonds is 3. The van der Waals surface area contributed by atoms with Gasteiger partial charge in [0.15, 0.2) is 0 Å². The van der Waals surface area contributed by atoms with E-state index in [1.807, 2.05) is 30.3 Å². The summed E-state index contributed by atoms with van der Waals surface area (Å²) in [5, 5.41) is 11.8. The maximum absolute atomic E-state index is 8.59. The average molecular weight is 238 g/mol. The molecule has 18 heavy (non-hydrogen) atoms. The van der Waals surface area contributed by atoms with Crippen LogP contribution >= 0.6 is 0 Å². The Labute approximate surface area is 106 Å². The van der Waals surface area contributed by atoms with Crippen LogP contribution in [0.3, 0.4) is 0 Å². The Hall–Kier alpha value is -2.67. The van der Waals surface area contributed by atoms with Gasteiger partial charge in [-0.25, -0.2) is 0 Å². The largest absolute Gasteiger partial charge is 0.397 e. The standard InChI is InChI=1S/C14H14N4/c15-8-7-10-1-3-11(4-2-10)18-12-5-6-13(16)14(17)9-12/h1-6,9,18H,7,16-17H2. The smallest absolute Gasteiger partial charge is 0.0669 e. The van der Waals surface area contributed by atoms with Crippen molar-refractivity contribution < 1.29 is 0 Å². The minimum Gasteiger partial charge on any atom is -0.397 e. The van der Waals surface area contributed by atoms with Crippen LogP contribution in [0.15, 0.2) is 42.5 Å². The Morgan fingerprint density at radius 2 is 1.61 bits per heavy atom. The van der Waals surface area contributed by atoms with E-state index in [9.17, 15) is 0 Å². The van der Waals surface area contributed by atoms with E-state index in [4.69, 9.17) is 16.7 Å². The number of nitrogen functional groups attached to an aromatic ring is 2. The molecular formula is C14H14N4. The van der Waals surface area contributed by atoms with E-state index in [2.05, 4.69) is 11.4 Å². The second-order valence-electron chi connectivity index (χ2n) is 4.00. The SMILES string of the molecule is N#CCc1ccc(Nc2ccc(N)c(N)c2)cc1. The summed E-state index contributed by atoms with van der Waals surface area (Å²) < 4.78 is 0. The van der Waals surface area contributed by atoms with Crippen LogP contribution < -0.4 is 16.8 Å². The molecule has 4 heteroatoms. The molecule has 90 valence electrons. The Kier molecular flexibility index (Phi) is 3.35. The third-order valence-corrected chi connectivity index (χ3v) is 2.61. The topological polar surface area (TPSA) is 87.9 Å². The molecule has 2 aromatic rings. The molecule has 0 amide bonds. The number of hydrogen-bond donors (Lipinski definition) is 3. The zero-order chi connectivity index (χ0) is 13.0. The molecule has 0 aliphatic rings. The predicted molar refractivity (Wildman–Crippen MR) is 74.3 cm³/mol. The lowest BCUT2D eigenvalue weighted by atomic mass is 10.1. The number of benzene rings is 2. The van der Waals surface area contributed by atoms with Crippen LogP contribution in [0.4, 0.5) is 22.7 Å². The van der Waals surface area contributed by atoms with Crippen molar-refractivity contribution in [2.75, 3.05) is 16.8 Å². The van der Waals surface area contributed by atoms with E-state index in [0.717, 1.165) is 16.9 Å². The van der Waals surface area contributed by atoms with Gasteiger partial charge in [-0.2, -0.15) is 5.26 Å². The molecule has 2 rings (SSSR count). The molecule has 0 aliphatic carbocycles. The molecule has 0 aromatic heterocycles. The fourth-order valence-corrected chi connectivity index (χ4v) is 1.62. The van der Waals surface area contributed by atoms with Crippen molar-refractivity contribution in [3.63, 3.8) is 0 Å². The first-order valence-electron chi connectivity index (χ1n) is 5.57. The highest BCUT2D eigenvalue weighted by atomic mass is 14.9. The monoisotopic (exact) mass is 238 g/mol. The summed E-state index contributed by atoms with van der Waals surface area (Å²) in [5.74, 6) is 0. The number of nitrogens with one attached hydrogen (secondary N) is 1. The summed E-state index contributed by atoms with van der Waals surface area (Å²) in [5.41, 5.74) is 15.3. The fourth-order valence-electron chi connectivity index (χ4n) is 1.62. The molecule has 0 fully saturated rings. The van der Waals surface area contributed by atoms with Crippen LogP contribution in [-0.4, -0.2) is 0 Å². The summed E-state index contributed by atoms with van der Waals surface area (Å²) in [4.78, 5) is 0. The van der Waals surface area contributed by atoms with Gasteiger partial charge in [0.1, 0.15) is 0 Å². The van der Waals surface area contributed by atoms with Crippen molar-refractivity contribution in [2.45, 2.75) is 6.42 Å². The molecule has 4 nitrogen and oxygen atoms in total. The molecule has 0 bridgehead atoms. The van der Waals surface area contributed by atoms with Gasteiger partial charge in [0.25, 0.3) is 0 Å². The number of hydrogen-bond acceptors (Lipinski definition) is 4. The van der Waals surface area contributed by atoms with Crippen molar-refractivity contribution in [2.24, 2.45) is 0 Å². The summed E-state index contributed by atoms with van der Waals surface area (Å²) in [6.45, 7) is 0. The predicted octanol–water partition coefficient (Wildman–Crippen LogP) is 2.66. The number of nitrogens with zero attached hydrogens (tertiary/aromatic N) is 1. The molecule has 0 saturated carbocycles. The van der Waals surface area contributed by atoms with Crippen molar-refractivity contribution in [1.29, 1.82) is 5.26 Å². The zero-order valence-corrected chi connectivity index (χ0v) is 9.85. The van der Waals surface area contributed by atoms with E-state index < -0.39 is 0 Å². The normalized spacial score (nSPS) is 9.72. The van der Waals surface area contributed by atoms with Gasteiger partial charge in [0, 0.05) is 11.4 Å². The quantitative estimate of drug-likeness (QED) is 0.717. The van der Waals surface area contributed by atoms with Crippen LogP contribution in [0.5, 0.6) is 0 Å². The number of anilines is 4. The lowest BCUT2D eigenvalue weighted by molar-refractivity contribution is 1.26. The number of nitrogens with two attached hydrogens (primary N) is 2. The maximum Gasteiger partial charge on any atom is 0.0669 e. The van der Waals surface area contributed by atoms with Gasteiger partial charge in [-0.1, -0.05) is 12.1 Å². The Morgan fingerprint density at radius 1 is 0.944 bits per heavy atom. The molecule has 0 aliphatic heterocycles. The third kappa shape index (κ3) is 2.71. The third-order valence-electron chi connectivity index (χ3n) is 2.61. The van der Waals surface area contributed by atoms with Crippen molar-refractivity contribution >= 4 is 22.7 Å². The van der Waals surface area contributed by atoms with Gasteiger partial charge in [0.05, 0.1) is 23.9 Å². The molecule has 0 spiro atoms. The first-order chi connectivity index (χ1) is 8.69. The Morgan fingerprint density at radius 3 is 2.22 bits per heavy atom. The fraction of sp³-hybridized carbons (Fsp3) is 0.0714. The first kappa shape index (κ1) is 11.8. The first-order valence-corrected chi connectivity index (χ1v) is 5.57. The van der Waals surface area contributed by atoms with E-state index >= 15 is 0 Å². The lowest BCUT2D eigenvalue weighted by Crippen LogP contribution is -1.96. The summed E-state index contributed by atoms with van der Waals surface area (Å²) in [6, 6.07) is 15.2. The highest BCUT2D eigenvalue weighted by molar-refractivity contribution is 5.72.